The van der Waals surface area contributed by atoms with Crippen molar-refractivity contribution in [1.82, 2.24) is 5.32 Å². The highest BCUT2D eigenvalue weighted by Gasteiger charge is 2.42. The Kier molecular flexibility index (Phi) is 4.29. The number of carbonyl (C=O) groups excluding carboxylic acids is 1. The number of nitrogens with one attached hydrogen (secondary N) is 2. The van der Waals surface area contributed by atoms with Crippen LogP contribution in [-0.4, -0.2) is 18.5 Å². The number of amides is 1. The number of benzene rings is 1. The summed E-state index contributed by atoms with van der Waals surface area (Å²) in [5.74, 6) is 1.43. The van der Waals surface area contributed by atoms with E-state index in [1.165, 1.54) is 30.4 Å². The first-order valence-corrected chi connectivity index (χ1v) is 8.39. The molecule has 3 atom stereocenters. The van der Waals surface area contributed by atoms with E-state index in [1.807, 2.05) is 0 Å². The van der Waals surface area contributed by atoms with Gasteiger partial charge in [-0.2, -0.15) is 0 Å². The lowest BCUT2D eigenvalue weighted by Gasteiger charge is -2.20. The molecule has 1 saturated heterocycles. The average molecular weight is 286 g/mol. The van der Waals surface area contributed by atoms with Gasteiger partial charge in [0.05, 0.1) is 6.04 Å². The number of para-hydroxylation sites is 1. The molecule has 21 heavy (non-hydrogen) atoms. The van der Waals surface area contributed by atoms with Crippen molar-refractivity contribution in [2.45, 2.75) is 52.0 Å². The summed E-state index contributed by atoms with van der Waals surface area (Å²) in [4.78, 5) is 12.7. The fraction of sp³-hybridized carbons (Fsp3) is 0.611. The molecule has 2 aliphatic rings. The van der Waals surface area contributed by atoms with Gasteiger partial charge in [0, 0.05) is 5.69 Å². The number of hydrogen-bond donors (Lipinski definition) is 2. The molecule has 2 N–H and O–H groups in total. The van der Waals surface area contributed by atoms with Crippen molar-refractivity contribution in [3.05, 3.63) is 29.3 Å². The normalized spacial score (nSPS) is 27.6. The van der Waals surface area contributed by atoms with Gasteiger partial charge in [-0.05, 0) is 55.2 Å². The van der Waals surface area contributed by atoms with E-state index < -0.39 is 0 Å². The Hall–Kier alpha value is -1.35. The van der Waals surface area contributed by atoms with Crippen LogP contribution in [0.4, 0.5) is 5.69 Å². The second-order valence-corrected chi connectivity index (χ2v) is 6.39. The molecule has 0 radical (unpaired) electrons. The smallest absolute Gasteiger partial charge is 0.241 e. The summed E-state index contributed by atoms with van der Waals surface area (Å²) >= 11 is 0. The maximum absolute atomic E-state index is 12.7. The number of hydrogen-bond acceptors (Lipinski definition) is 2. The topological polar surface area (TPSA) is 41.1 Å². The lowest BCUT2D eigenvalue weighted by atomic mass is 9.93. The highest BCUT2D eigenvalue weighted by Crippen LogP contribution is 2.38. The first-order valence-electron chi connectivity index (χ1n) is 8.39. The van der Waals surface area contributed by atoms with Crippen molar-refractivity contribution < 1.29 is 4.79 Å². The standard InChI is InChI=1S/C18H26N2O/c1-3-12-7-5-8-13(4-2)16(12)20-18(21)17-15-10-6-9-14(15)11-19-17/h5,7-8,14-15,17,19H,3-4,6,9-11H2,1-2H3,(H,20,21). The predicted octanol–water partition coefficient (Wildman–Crippen LogP) is 3.14. The van der Waals surface area contributed by atoms with Gasteiger partial charge in [0.25, 0.3) is 0 Å². The van der Waals surface area contributed by atoms with Crippen molar-refractivity contribution in [3.63, 3.8) is 0 Å². The highest BCUT2D eigenvalue weighted by molar-refractivity contribution is 5.96. The Balaban J connectivity index is 1.78. The molecule has 3 unspecified atom stereocenters. The number of aryl methyl sites for hydroxylation is 2. The van der Waals surface area contributed by atoms with E-state index in [0.717, 1.165) is 25.1 Å². The van der Waals surface area contributed by atoms with Crippen LogP contribution in [0.5, 0.6) is 0 Å². The van der Waals surface area contributed by atoms with E-state index in [1.54, 1.807) is 0 Å². The number of carbonyl (C=O) groups is 1. The molecule has 3 rings (SSSR count). The summed E-state index contributed by atoms with van der Waals surface area (Å²) in [6.07, 6.45) is 5.67. The Morgan fingerprint density at radius 1 is 1.24 bits per heavy atom. The quantitative estimate of drug-likeness (QED) is 0.893. The third-order valence-corrected chi connectivity index (χ3v) is 5.28. The average Bonchev–Trinajstić information content (AvgIpc) is 3.10. The predicted molar refractivity (Wildman–Crippen MR) is 86.4 cm³/mol. The Bertz CT molecular complexity index is 504. The second kappa shape index (κ2) is 6.18. The lowest BCUT2D eigenvalue weighted by Crippen LogP contribution is -2.40. The van der Waals surface area contributed by atoms with E-state index >= 15 is 0 Å². The van der Waals surface area contributed by atoms with E-state index in [2.05, 4.69) is 42.7 Å². The van der Waals surface area contributed by atoms with Crippen LogP contribution in [0.25, 0.3) is 0 Å². The second-order valence-electron chi connectivity index (χ2n) is 6.39. The van der Waals surface area contributed by atoms with Crippen LogP contribution in [0.15, 0.2) is 18.2 Å². The van der Waals surface area contributed by atoms with Gasteiger partial charge in [-0.3, -0.25) is 4.79 Å². The van der Waals surface area contributed by atoms with Crippen molar-refractivity contribution in [3.8, 4) is 0 Å². The third-order valence-electron chi connectivity index (χ3n) is 5.28. The first-order chi connectivity index (χ1) is 10.2. The molecule has 0 aromatic heterocycles. The fourth-order valence-electron chi connectivity index (χ4n) is 4.08. The molecule has 1 amide bonds. The minimum absolute atomic E-state index is 0.00659. The Morgan fingerprint density at radius 3 is 2.62 bits per heavy atom. The van der Waals surface area contributed by atoms with Gasteiger partial charge in [0.2, 0.25) is 5.91 Å². The van der Waals surface area contributed by atoms with Crippen molar-refractivity contribution >= 4 is 11.6 Å². The maximum Gasteiger partial charge on any atom is 0.241 e. The van der Waals surface area contributed by atoms with Gasteiger partial charge in [0.1, 0.15) is 0 Å². The van der Waals surface area contributed by atoms with Crippen LogP contribution in [0.3, 0.4) is 0 Å². The zero-order valence-corrected chi connectivity index (χ0v) is 13.1. The number of rotatable bonds is 4. The van der Waals surface area contributed by atoms with E-state index in [4.69, 9.17) is 0 Å². The minimum atomic E-state index is 0.00659. The molecular formula is C18H26N2O. The molecule has 1 aliphatic heterocycles. The summed E-state index contributed by atoms with van der Waals surface area (Å²) in [5, 5.41) is 6.68. The fourth-order valence-corrected chi connectivity index (χ4v) is 4.08. The molecule has 3 nitrogen and oxygen atoms in total. The van der Waals surface area contributed by atoms with E-state index in [0.29, 0.717) is 11.8 Å². The van der Waals surface area contributed by atoms with Crippen LogP contribution in [0.1, 0.15) is 44.2 Å². The summed E-state index contributed by atoms with van der Waals surface area (Å²) in [6.45, 7) is 5.30. The monoisotopic (exact) mass is 286 g/mol. The van der Waals surface area contributed by atoms with Crippen LogP contribution in [0.2, 0.25) is 0 Å². The maximum atomic E-state index is 12.7. The molecule has 0 spiro atoms. The number of fused-ring (bicyclic) bond motifs is 1. The molecule has 1 aliphatic carbocycles. The third kappa shape index (κ3) is 2.71. The summed E-state index contributed by atoms with van der Waals surface area (Å²) in [5.41, 5.74) is 3.53. The van der Waals surface area contributed by atoms with E-state index in [9.17, 15) is 4.79 Å². The molecule has 2 fully saturated rings. The zero-order valence-electron chi connectivity index (χ0n) is 13.1. The molecule has 1 aromatic rings. The lowest BCUT2D eigenvalue weighted by molar-refractivity contribution is -0.118. The van der Waals surface area contributed by atoms with Crippen molar-refractivity contribution in [2.75, 3.05) is 11.9 Å². The molecule has 0 bridgehead atoms. The highest BCUT2D eigenvalue weighted by atomic mass is 16.2. The molecule has 3 heteroatoms. The van der Waals surface area contributed by atoms with Gasteiger partial charge in [-0.25, -0.2) is 0 Å². The van der Waals surface area contributed by atoms with Crippen molar-refractivity contribution in [2.24, 2.45) is 11.8 Å². The van der Waals surface area contributed by atoms with Crippen LogP contribution < -0.4 is 10.6 Å². The SMILES string of the molecule is CCc1cccc(CC)c1NC(=O)C1NCC2CCCC21. The summed E-state index contributed by atoms with van der Waals surface area (Å²) < 4.78 is 0. The summed E-state index contributed by atoms with van der Waals surface area (Å²) in [7, 11) is 0. The van der Waals surface area contributed by atoms with Gasteiger partial charge in [-0.1, -0.05) is 38.5 Å². The molecule has 1 heterocycles. The zero-order chi connectivity index (χ0) is 14.8. The summed E-state index contributed by atoms with van der Waals surface area (Å²) in [6, 6.07) is 6.34. The van der Waals surface area contributed by atoms with Gasteiger partial charge < -0.3 is 10.6 Å². The minimum Gasteiger partial charge on any atom is -0.324 e. The van der Waals surface area contributed by atoms with Gasteiger partial charge >= 0.3 is 0 Å². The largest absolute Gasteiger partial charge is 0.324 e. The van der Waals surface area contributed by atoms with Crippen LogP contribution in [0, 0.1) is 11.8 Å². The van der Waals surface area contributed by atoms with Crippen LogP contribution >= 0.6 is 0 Å². The van der Waals surface area contributed by atoms with Gasteiger partial charge in [-0.15, -0.1) is 0 Å². The Labute approximate surface area is 127 Å². The van der Waals surface area contributed by atoms with Gasteiger partial charge in [0.15, 0.2) is 0 Å². The van der Waals surface area contributed by atoms with Crippen LogP contribution in [-0.2, 0) is 17.6 Å². The van der Waals surface area contributed by atoms with E-state index in [-0.39, 0.29) is 11.9 Å². The Morgan fingerprint density at radius 2 is 1.95 bits per heavy atom. The molecule has 1 aromatic carbocycles. The molecule has 1 saturated carbocycles. The van der Waals surface area contributed by atoms with Crippen molar-refractivity contribution in [1.29, 1.82) is 0 Å². The molecular weight excluding hydrogens is 260 g/mol. The number of anilines is 1. The first kappa shape index (κ1) is 14.6. The molecule has 114 valence electrons.